The van der Waals surface area contributed by atoms with Crippen molar-refractivity contribution in [3.05, 3.63) is 43.6 Å². The molecular weight excluding hydrogens is 659 g/mol. The Kier molecular flexibility index (Phi) is 7.46. The van der Waals surface area contributed by atoms with Gasteiger partial charge < -0.3 is 39.3 Å². The molecule has 2 unspecified atom stereocenters. The standard InChI is InChI=1S/C23H26FN9O7P2S2/c1-10-15-11(4-13(15)33-9-31-17-20(26)28-8-30-22(17)33)5-36-42(35,44)40-18-14(6-37-41(34,43)39-10)38-23(16(18)24)32-3-2-12-19(25)27-7-29-21(12)32/h2-3,7-9,11,13-16,18,23H,1,4-6H2,(H,34,43)(H,35,44)(H2,25,27,29)(H2,26,28,30)/t11-,13-,14-,15-,16+,18-,23-,41?,42?/m1/s1. The molecule has 0 spiro atoms. The van der Waals surface area contributed by atoms with E-state index in [-0.39, 0.29) is 36.0 Å². The Morgan fingerprint density at radius 2 is 1.84 bits per heavy atom. The molecule has 1 aliphatic carbocycles. The number of thiol groups is 1. The number of rotatable bonds is 2. The fourth-order valence-corrected chi connectivity index (χ4v) is 8.72. The van der Waals surface area contributed by atoms with Gasteiger partial charge in [-0.3, -0.25) is 9.05 Å². The number of allylic oxidation sites excluding steroid dienone is 1. The Hall–Kier alpha value is -2.73. The molecule has 16 nitrogen and oxygen atoms in total. The van der Waals surface area contributed by atoms with Crippen molar-refractivity contribution >= 4 is 71.4 Å². The summed E-state index contributed by atoms with van der Waals surface area (Å²) in [6, 6.07) is 1.30. The molecule has 3 aliphatic rings. The van der Waals surface area contributed by atoms with Crippen molar-refractivity contribution in [3.8, 4) is 0 Å². The van der Waals surface area contributed by atoms with E-state index in [1.165, 1.54) is 23.4 Å². The van der Waals surface area contributed by atoms with Gasteiger partial charge in [-0.25, -0.2) is 33.9 Å². The summed E-state index contributed by atoms with van der Waals surface area (Å²) in [5.74, 6) is -0.328. The minimum absolute atomic E-state index is 0.111. The van der Waals surface area contributed by atoms with E-state index in [0.29, 0.717) is 28.6 Å². The first-order chi connectivity index (χ1) is 20.9. The number of hydrogen-bond acceptors (Lipinski definition) is 14. The van der Waals surface area contributed by atoms with Crippen LogP contribution < -0.4 is 11.5 Å². The predicted octanol–water partition coefficient (Wildman–Crippen LogP) is 3.07. The van der Waals surface area contributed by atoms with Crippen molar-refractivity contribution in [1.29, 1.82) is 0 Å². The smallest absolute Gasteiger partial charge is 0.386 e. The Morgan fingerprint density at radius 3 is 2.64 bits per heavy atom. The Balaban J connectivity index is 1.16. The van der Waals surface area contributed by atoms with Crippen LogP contribution in [0.25, 0.3) is 22.2 Å². The number of nitrogen functional groups attached to an aromatic ring is 2. The van der Waals surface area contributed by atoms with Gasteiger partial charge in [0.05, 0.1) is 24.9 Å². The van der Waals surface area contributed by atoms with E-state index in [9.17, 15) is 9.46 Å². The summed E-state index contributed by atoms with van der Waals surface area (Å²) in [5.41, 5.74) is 13.1. The molecule has 1 saturated carbocycles. The molecule has 7 rings (SSSR count). The molecule has 4 aromatic rings. The van der Waals surface area contributed by atoms with Crippen LogP contribution >= 0.6 is 25.8 Å². The van der Waals surface area contributed by atoms with E-state index in [4.69, 9.17) is 46.1 Å². The molecule has 0 bridgehead atoms. The lowest BCUT2D eigenvalue weighted by Gasteiger charge is -2.45. The second-order valence-corrected chi connectivity index (χ2v) is 16.2. The summed E-state index contributed by atoms with van der Waals surface area (Å²) in [6.07, 6.45) is 0.223. The van der Waals surface area contributed by atoms with E-state index in [1.807, 2.05) is 0 Å². The molecule has 44 heavy (non-hydrogen) atoms. The third kappa shape index (κ3) is 5.19. The number of imidazole rings is 1. The highest BCUT2D eigenvalue weighted by atomic mass is 32.7. The average Bonchev–Trinajstić information content (AvgIpc) is 3.64. The van der Waals surface area contributed by atoms with Crippen molar-refractivity contribution in [1.82, 2.24) is 34.1 Å². The van der Waals surface area contributed by atoms with E-state index in [0.717, 1.165) is 0 Å². The molecule has 6 heterocycles. The van der Waals surface area contributed by atoms with Crippen LogP contribution in [0.2, 0.25) is 0 Å². The van der Waals surface area contributed by atoms with Crippen LogP contribution in [0.4, 0.5) is 16.0 Å². The van der Waals surface area contributed by atoms with Gasteiger partial charge in [-0.1, -0.05) is 18.8 Å². The Morgan fingerprint density at radius 1 is 1.09 bits per heavy atom. The van der Waals surface area contributed by atoms with Crippen LogP contribution in [-0.2, 0) is 39.2 Å². The first-order valence-corrected chi connectivity index (χ1v) is 18.5. The van der Waals surface area contributed by atoms with Gasteiger partial charge in [0.1, 0.15) is 47.6 Å². The van der Waals surface area contributed by atoms with Crippen molar-refractivity contribution in [2.45, 2.75) is 37.1 Å². The van der Waals surface area contributed by atoms with Crippen LogP contribution in [0.3, 0.4) is 0 Å². The lowest BCUT2D eigenvalue weighted by Crippen LogP contribution is -2.42. The van der Waals surface area contributed by atoms with E-state index < -0.39 is 50.6 Å². The van der Waals surface area contributed by atoms with Crippen LogP contribution in [0.5, 0.6) is 0 Å². The largest absolute Gasteiger partial charge is 0.429 e. The van der Waals surface area contributed by atoms with Crippen molar-refractivity contribution in [2.75, 3.05) is 24.7 Å². The van der Waals surface area contributed by atoms with Crippen LogP contribution in [0.1, 0.15) is 18.7 Å². The van der Waals surface area contributed by atoms with Crippen molar-refractivity contribution in [3.63, 3.8) is 0 Å². The van der Waals surface area contributed by atoms with E-state index >= 15 is 4.39 Å². The predicted molar refractivity (Wildman–Crippen MR) is 161 cm³/mol. The van der Waals surface area contributed by atoms with E-state index in [2.05, 4.69) is 43.7 Å². The zero-order chi connectivity index (χ0) is 31.0. The van der Waals surface area contributed by atoms with Gasteiger partial charge >= 0.3 is 13.5 Å². The molecule has 5 N–H and O–H groups in total. The maximum absolute atomic E-state index is 16.1. The summed E-state index contributed by atoms with van der Waals surface area (Å²) in [6.45, 7) is -4.75. The molecule has 21 heteroatoms. The number of fused-ring (bicyclic) bond motifs is 4. The van der Waals surface area contributed by atoms with Crippen LogP contribution in [0.15, 0.2) is 43.6 Å². The molecule has 0 amide bonds. The molecule has 3 fully saturated rings. The first kappa shape index (κ1) is 30.0. The highest BCUT2D eigenvalue weighted by Crippen LogP contribution is 2.60. The second kappa shape index (κ2) is 11.0. The number of halogens is 1. The highest BCUT2D eigenvalue weighted by Gasteiger charge is 2.52. The second-order valence-electron chi connectivity index (χ2n) is 10.6. The summed E-state index contributed by atoms with van der Waals surface area (Å²) in [7, 11) is 0. The lowest BCUT2D eigenvalue weighted by atomic mass is 9.68. The molecular formula is C23H26FN9O7P2S2. The molecule has 2 saturated heterocycles. The monoisotopic (exact) mass is 685 g/mol. The Bertz CT molecular complexity index is 1880. The molecule has 9 atom stereocenters. The normalized spacial score (nSPS) is 36.4. The zero-order valence-corrected chi connectivity index (χ0v) is 26.1. The topological polar surface area (TPSA) is 210 Å². The fraction of sp³-hybridized carbons (Fsp3) is 0.435. The number of aromatic nitrogens is 7. The van der Waals surface area contributed by atoms with Gasteiger partial charge in [0.15, 0.2) is 23.9 Å². The number of hydrogen-bond donors (Lipinski definition) is 4. The molecule has 0 radical (unpaired) electrons. The summed E-state index contributed by atoms with van der Waals surface area (Å²) < 4.78 is 61.4. The van der Waals surface area contributed by atoms with Gasteiger partial charge in [-0.15, -0.1) is 0 Å². The van der Waals surface area contributed by atoms with Crippen LogP contribution in [0, 0.1) is 11.8 Å². The minimum Gasteiger partial charge on any atom is -0.429 e. The third-order valence-electron chi connectivity index (χ3n) is 8.01. The highest BCUT2D eigenvalue weighted by molar-refractivity contribution is 8.44. The van der Waals surface area contributed by atoms with Crippen LogP contribution in [-0.4, -0.2) is 70.5 Å². The minimum atomic E-state index is -4.17. The summed E-state index contributed by atoms with van der Waals surface area (Å²) in [4.78, 5) is 31.7. The van der Waals surface area contributed by atoms with Gasteiger partial charge in [-0.2, -0.15) is 0 Å². The number of anilines is 2. The lowest BCUT2D eigenvalue weighted by molar-refractivity contribution is -0.0411. The molecule has 234 valence electrons. The van der Waals surface area contributed by atoms with Crippen molar-refractivity contribution < 1.29 is 36.7 Å². The maximum Gasteiger partial charge on any atom is 0.386 e. The first-order valence-electron chi connectivity index (χ1n) is 13.2. The maximum atomic E-state index is 16.1. The number of nitrogens with zero attached hydrogens (tertiary/aromatic N) is 7. The number of alkyl halides is 1. The zero-order valence-electron chi connectivity index (χ0n) is 22.6. The third-order valence-corrected chi connectivity index (χ3v) is 11.1. The molecule has 4 aromatic heterocycles. The van der Waals surface area contributed by atoms with Gasteiger partial charge in [-0.05, 0) is 18.4 Å². The number of ether oxygens (including phenoxy) is 1. The summed E-state index contributed by atoms with van der Waals surface area (Å²) in [5, 5.41) is 0.483. The summed E-state index contributed by atoms with van der Waals surface area (Å²) >= 11 is 9.42. The number of nitrogens with two attached hydrogens (primary N) is 2. The fourth-order valence-electron chi connectivity index (χ4n) is 5.92. The SMILES string of the molecule is C=C1OP(O)(=S)OC[C@H]2O[C@@H](n3ccc4c(N)ncnc43)[C@@H](F)[C@@H]2OP(=O)(S)OC[C@H]2C[C@@H](n3cnc4c(N)ncnc43)[C@H]12. The van der Waals surface area contributed by atoms with E-state index in [1.54, 1.807) is 17.0 Å². The molecule has 0 aromatic carbocycles. The average molecular weight is 686 g/mol. The quantitative estimate of drug-likeness (QED) is 0.177. The Labute approximate surface area is 258 Å². The molecule has 2 aliphatic heterocycles. The van der Waals surface area contributed by atoms with Gasteiger partial charge in [0.2, 0.25) is 0 Å². The van der Waals surface area contributed by atoms with Crippen molar-refractivity contribution in [2.24, 2.45) is 11.8 Å². The van der Waals surface area contributed by atoms with Gasteiger partial charge in [0, 0.05) is 30.0 Å². The van der Waals surface area contributed by atoms with Gasteiger partial charge in [0.25, 0.3) is 0 Å².